The first-order chi connectivity index (χ1) is 9.20. The summed E-state index contributed by atoms with van der Waals surface area (Å²) in [6.45, 7) is -2.25. The number of carbonyl (C=O) groups is 4. The second-order valence-electron chi connectivity index (χ2n) is 4.00. The number of carboxylic acid groups (broad SMARTS) is 4. The molecule has 8 N–H and O–H groups in total. The van der Waals surface area contributed by atoms with E-state index in [0.717, 1.165) is 9.80 Å². The van der Waals surface area contributed by atoms with E-state index in [1.807, 2.05) is 0 Å². The van der Waals surface area contributed by atoms with E-state index >= 15 is 0 Å². The Labute approximate surface area is 145 Å². The maximum Gasteiger partial charge on any atom is 0.317 e. The summed E-state index contributed by atoms with van der Waals surface area (Å²) >= 11 is 0. The van der Waals surface area contributed by atoms with Crippen molar-refractivity contribution in [3.8, 4) is 0 Å². The van der Waals surface area contributed by atoms with Gasteiger partial charge >= 0.3 is 23.9 Å². The van der Waals surface area contributed by atoms with Crippen LogP contribution in [0, 0.1) is 0 Å². The molecule has 0 saturated heterocycles. The molecule has 23 heavy (non-hydrogen) atoms. The van der Waals surface area contributed by atoms with Gasteiger partial charge in [-0.2, -0.15) is 0 Å². The number of hydrogen-bond acceptors (Lipinski definition) is 6. The third-order valence-electron chi connectivity index (χ3n) is 2.17. The molecular formula is C10H20N2O10Ti. The van der Waals surface area contributed by atoms with Gasteiger partial charge in [-0.3, -0.25) is 29.0 Å². The minimum atomic E-state index is -1.23. The molecule has 0 unspecified atom stereocenters. The van der Waals surface area contributed by atoms with E-state index in [-0.39, 0.29) is 45.8 Å². The van der Waals surface area contributed by atoms with Gasteiger partial charge in [-0.1, -0.05) is 0 Å². The van der Waals surface area contributed by atoms with Gasteiger partial charge in [0.1, 0.15) is 0 Å². The van der Waals surface area contributed by atoms with E-state index < -0.39 is 50.1 Å². The van der Waals surface area contributed by atoms with E-state index in [4.69, 9.17) is 20.4 Å². The van der Waals surface area contributed by atoms with Crippen LogP contribution < -0.4 is 0 Å². The van der Waals surface area contributed by atoms with E-state index in [0.29, 0.717) is 0 Å². The molecule has 0 heterocycles. The Balaban J connectivity index is -0.000000602. The Bertz CT molecular complexity index is 324. The Morgan fingerprint density at radius 3 is 0.870 bits per heavy atom. The normalized spacial score (nSPS) is 9.30. The molecule has 0 fully saturated rings. The predicted molar refractivity (Wildman–Crippen MR) is 70.7 cm³/mol. The van der Waals surface area contributed by atoms with Crippen molar-refractivity contribution in [1.29, 1.82) is 0 Å². The average Bonchev–Trinajstić information content (AvgIpc) is 2.22. The zero-order chi connectivity index (χ0) is 15.7. The molecule has 0 rings (SSSR count). The summed E-state index contributed by atoms with van der Waals surface area (Å²) in [5.41, 5.74) is 0. The molecule has 0 bridgehead atoms. The predicted octanol–water partition coefficient (Wildman–Crippen LogP) is -3.72. The molecule has 0 aromatic rings. The van der Waals surface area contributed by atoms with Gasteiger partial charge in [-0.15, -0.1) is 0 Å². The minimum Gasteiger partial charge on any atom is -0.480 e. The van der Waals surface area contributed by atoms with Crippen molar-refractivity contribution in [2.75, 3.05) is 39.3 Å². The van der Waals surface area contributed by atoms with Crippen molar-refractivity contribution in [2.45, 2.75) is 0 Å². The maximum absolute atomic E-state index is 10.6. The smallest absolute Gasteiger partial charge is 0.317 e. The minimum absolute atomic E-state index is 0. The summed E-state index contributed by atoms with van der Waals surface area (Å²) in [5.74, 6) is -4.91. The van der Waals surface area contributed by atoms with Gasteiger partial charge in [-0.25, -0.2) is 0 Å². The van der Waals surface area contributed by atoms with Crippen LogP contribution >= 0.6 is 0 Å². The molecule has 12 nitrogen and oxygen atoms in total. The zero-order valence-electron chi connectivity index (χ0n) is 12.1. The summed E-state index contributed by atoms with van der Waals surface area (Å²) in [7, 11) is 0. The number of rotatable bonds is 11. The summed E-state index contributed by atoms with van der Waals surface area (Å²) in [6, 6.07) is 0. The third-order valence-corrected chi connectivity index (χ3v) is 2.17. The number of aliphatic carboxylic acids is 4. The van der Waals surface area contributed by atoms with Crippen molar-refractivity contribution < 1.29 is 72.3 Å². The van der Waals surface area contributed by atoms with Crippen LogP contribution in [0.4, 0.5) is 0 Å². The molecule has 0 aliphatic carbocycles. The maximum atomic E-state index is 10.6. The SMILES string of the molecule is O.O.O=C(O)CN(CCN(CC(=O)O)CC(=O)O)CC(=O)O.[Ti]. The first-order valence-corrected chi connectivity index (χ1v) is 5.52. The van der Waals surface area contributed by atoms with Crippen molar-refractivity contribution in [2.24, 2.45) is 0 Å². The Morgan fingerprint density at radius 1 is 0.565 bits per heavy atom. The van der Waals surface area contributed by atoms with Gasteiger partial charge in [0.15, 0.2) is 0 Å². The second-order valence-corrected chi connectivity index (χ2v) is 4.00. The standard InChI is InChI=1S/C10H16N2O8.2H2O.Ti/c13-7(14)3-11(4-8(15)16)1-2-12(5-9(17)18)6-10(19)20;;;/h1-6H2,(H,13,14)(H,15,16)(H,17,18)(H,19,20);2*1H2;. The fourth-order valence-electron chi connectivity index (χ4n) is 1.48. The van der Waals surface area contributed by atoms with Gasteiger partial charge in [0, 0.05) is 34.8 Å². The summed E-state index contributed by atoms with van der Waals surface area (Å²) < 4.78 is 0. The van der Waals surface area contributed by atoms with Crippen LogP contribution in [0.2, 0.25) is 0 Å². The summed E-state index contributed by atoms with van der Waals surface area (Å²) in [4.78, 5) is 44.4. The molecule has 0 atom stereocenters. The quantitative estimate of drug-likeness (QED) is 0.258. The van der Waals surface area contributed by atoms with Crippen molar-refractivity contribution in [1.82, 2.24) is 9.80 Å². The van der Waals surface area contributed by atoms with Crippen LogP contribution in [0.25, 0.3) is 0 Å². The van der Waals surface area contributed by atoms with Crippen LogP contribution in [0.15, 0.2) is 0 Å². The monoisotopic (exact) mass is 376 g/mol. The molecule has 0 spiro atoms. The average molecular weight is 376 g/mol. The molecule has 134 valence electrons. The molecule has 0 aromatic heterocycles. The molecule has 0 saturated carbocycles. The molecule has 0 amide bonds. The second kappa shape index (κ2) is 15.3. The largest absolute Gasteiger partial charge is 0.480 e. The van der Waals surface area contributed by atoms with E-state index in [9.17, 15) is 19.2 Å². The molecule has 0 aliphatic rings. The zero-order valence-corrected chi connectivity index (χ0v) is 13.6. The van der Waals surface area contributed by atoms with Crippen molar-refractivity contribution in [3.63, 3.8) is 0 Å². The molecule has 0 radical (unpaired) electrons. The Morgan fingerprint density at radius 2 is 0.739 bits per heavy atom. The third kappa shape index (κ3) is 18.4. The van der Waals surface area contributed by atoms with Gasteiger partial charge in [0.25, 0.3) is 0 Å². The molecule has 0 aromatic carbocycles. The van der Waals surface area contributed by atoms with Crippen LogP contribution in [0.3, 0.4) is 0 Å². The van der Waals surface area contributed by atoms with Crippen molar-refractivity contribution >= 4 is 23.9 Å². The van der Waals surface area contributed by atoms with Gasteiger partial charge in [0.2, 0.25) is 0 Å². The molecular weight excluding hydrogens is 356 g/mol. The first-order valence-electron chi connectivity index (χ1n) is 5.52. The molecule has 0 aliphatic heterocycles. The Kier molecular flexibility index (Phi) is 19.6. The first kappa shape index (κ1) is 29.4. The number of nitrogens with zero attached hydrogens (tertiary/aromatic N) is 2. The van der Waals surface area contributed by atoms with E-state index in [1.54, 1.807) is 0 Å². The fourth-order valence-corrected chi connectivity index (χ4v) is 1.48. The van der Waals surface area contributed by atoms with Crippen LogP contribution in [-0.4, -0.2) is 104 Å². The van der Waals surface area contributed by atoms with Crippen molar-refractivity contribution in [3.05, 3.63) is 0 Å². The summed E-state index contributed by atoms with van der Waals surface area (Å²) in [5, 5.41) is 34.5. The fraction of sp³-hybridized carbons (Fsp3) is 0.600. The Hall–Kier alpha value is -1.57. The van der Waals surface area contributed by atoms with E-state index in [2.05, 4.69) is 0 Å². The van der Waals surface area contributed by atoms with Gasteiger partial charge in [0.05, 0.1) is 26.2 Å². The topological polar surface area (TPSA) is 219 Å². The van der Waals surface area contributed by atoms with E-state index in [1.165, 1.54) is 0 Å². The summed E-state index contributed by atoms with van der Waals surface area (Å²) in [6.07, 6.45) is 0. The number of carboxylic acids is 4. The van der Waals surface area contributed by atoms with Gasteiger partial charge < -0.3 is 31.4 Å². The van der Waals surface area contributed by atoms with Crippen LogP contribution in [0.5, 0.6) is 0 Å². The number of hydrogen-bond donors (Lipinski definition) is 4. The molecule has 13 heteroatoms. The van der Waals surface area contributed by atoms with Crippen LogP contribution in [-0.2, 0) is 40.9 Å². The van der Waals surface area contributed by atoms with Crippen LogP contribution in [0.1, 0.15) is 0 Å². The van der Waals surface area contributed by atoms with Gasteiger partial charge in [-0.05, 0) is 0 Å².